The number of carbonyl (C=O) groups is 3. The van der Waals surface area contributed by atoms with E-state index in [1.807, 2.05) is 4.90 Å². The molecule has 152 valence electrons. The zero-order valence-corrected chi connectivity index (χ0v) is 15.9. The SMILES string of the molecule is CCOC(=O)[C@@H]1C(=O)NC(N2CCN(C(=O)OCC)CC2)=N[C@@H]1c1ccco1. The van der Waals surface area contributed by atoms with Crippen LogP contribution in [-0.2, 0) is 19.1 Å². The van der Waals surface area contributed by atoms with Crippen LogP contribution < -0.4 is 5.32 Å². The van der Waals surface area contributed by atoms with Crippen molar-refractivity contribution in [2.75, 3.05) is 39.4 Å². The van der Waals surface area contributed by atoms with Crippen LogP contribution in [0.3, 0.4) is 0 Å². The maximum atomic E-state index is 12.7. The van der Waals surface area contributed by atoms with Crippen LogP contribution in [-0.4, -0.2) is 73.1 Å². The predicted molar refractivity (Wildman–Crippen MR) is 97.3 cm³/mol. The van der Waals surface area contributed by atoms with Gasteiger partial charge in [-0.15, -0.1) is 0 Å². The summed E-state index contributed by atoms with van der Waals surface area (Å²) in [6, 6.07) is 2.55. The van der Waals surface area contributed by atoms with Crippen LogP contribution in [0.25, 0.3) is 0 Å². The lowest BCUT2D eigenvalue weighted by molar-refractivity contribution is -0.153. The van der Waals surface area contributed by atoms with E-state index in [0.717, 1.165) is 0 Å². The standard InChI is InChI=1S/C18H24N4O6/c1-3-26-16(24)13-14(12-6-5-11-28-12)19-17(20-15(13)23)21-7-9-22(10-8-21)18(25)27-4-2/h5-6,11,13-14H,3-4,7-10H2,1-2H3,(H,19,20,23)/t13-,14+/m0/s1. The highest BCUT2D eigenvalue weighted by molar-refractivity contribution is 6.08. The van der Waals surface area contributed by atoms with Gasteiger partial charge in [-0.25, -0.2) is 9.79 Å². The molecule has 0 radical (unpaired) electrons. The highest BCUT2D eigenvalue weighted by Crippen LogP contribution is 2.31. The third-order valence-corrected chi connectivity index (χ3v) is 4.58. The van der Waals surface area contributed by atoms with Crippen LogP contribution >= 0.6 is 0 Å². The number of carbonyl (C=O) groups excluding carboxylic acids is 3. The largest absolute Gasteiger partial charge is 0.467 e. The lowest BCUT2D eigenvalue weighted by atomic mass is 9.95. The Balaban J connectivity index is 1.77. The molecule has 1 aromatic heterocycles. The third-order valence-electron chi connectivity index (χ3n) is 4.58. The summed E-state index contributed by atoms with van der Waals surface area (Å²) in [5, 5.41) is 2.70. The summed E-state index contributed by atoms with van der Waals surface area (Å²) in [5.41, 5.74) is 0. The van der Waals surface area contributed by atoms with Crippen molar-refractivity contribution in [2.24, 2.45) is 10.9 Å². The second-order valence-electron chi connectivity index (χ2n) is 6.30. The quantitative estimate of drug-likeness (QED) is 0.594. The van der Waals surface area contributed by atoms with E-state index in [2.05, 4.69) is 10.3 Å². The molecule has 28 heavy (non-hydrogen) atoms. The summed E-state index contributed by atoms with van der Waals surface area (Å²) >= 11 is 0. The van der Waals surface area contributed by atoms with Crippen molar-refractivity contribution < 1.29 is 28.3 Å². The number of nitrogens with zero attached hydrogens (tertiary/aromatic N) is 3. The molecule has 10 nitrogen and oxygen atoms in total. The number of hydrogen-bond acceptors (Lipinski definition) is 8. The van der Waals surface area contributed by atoms with Gasteiger partial charge in [0.1, 0.15) is 11.8 Å². The molecule has 0 aromatic carbocycles. The molecule has 2 aliphatic heterocycles. The van der Waals surface area contributed by atoms with Crippen LogP contribution in [0, 0.1) is 5.92 Å². The summed E-state index contributed by atoms with van der Waals surface area (Å²) in [7, 11) is 0. The molecule has 10 heteroatoms. The number of rotatable bonds is 4. The molecule has 0 saturated carbocycles. The molecule has 0 bridgehead atoms. The maximum Gasteiger partial charge on any atom is 0.409 e. The number of aliphatic imine (C=N–C) groups is 1. The monoisotopic (exact) mass is 392 g/mol. The molecule has 2 amide bonds. The van der Waals surface area contributed by atoms with Crippen molar-refractivity contribution in [1.82, 2.24) is 15.1 Å². The van der Waals surface area contributed by atoms with E-state index in [1.54, 1.807) is 30.9 Å². The third kappa shape index (κ3) is 4.10. The Labute approximate surface area is 162 Å². The van der Waals surface area contributed by atoms with Crippen LogP contribution in [0.5, 0.6) is 0 Å². The van der Waals surface area contributed by atoms with Crippen molar-refractivity contribution in [2.45, 2.75) is 19.9 Å². The smallest absolute Gasteiger partial charge is 0.409 e. The van der Waals surface area contributed by atoms with Crippen LogP contribution in [0.15, 0.2) is 27.8 Å². The highest BCUT2D eigenvalue weighted by atomic mass is 16.6. The fraction of sp³-hybridized carbons (Fsp3) is 0.556. The molecular weight excluding hydrogens is 368 g/mol. The first-order chi connectivity index (χ1) is 13.5. The number of guanidine groups is 1. The van der Waals surface area contributed by atoms with Gasteiger partial charge in [-0.2, -0.15) is 0 Å². The fourth-order valence-electron chi connectivity index (χ4n) is 3.20. The minimum atomic E-state index is -1.12. The molecule has 0 spiro atoms. The molecule has 1 fully saturated rings. The number of furan rings is 1. The number of amides is 2. The molecule has 1 aromatic rings. The van der Waals surface area contributed by atoms with Gasteiger partial charge in [0.15, 0.2) is 5.92 Å². The number of esters is 1. The van der Waals surface area contributed by atoms with E-state index in [9.17, 15) is 14.4 Å². The second-order valence-corrected chi connectivity index (χ2v) is 6.30. The first kappa shape index (κ1) is 19.7. The molecule has 3 rings (SSSR count). The Morgan fingerprint density at radius 2 is 1.93 bits per heavy atom. The molecule has 1 N–H and O–H groups in total. The summed E-state index contributed by atoms with van der Waals surface area (Å²) < 4.78 is 15.5. The van der Waals surface area contributed by atoms with E-state index in [1.165, 1.54) is 6.26 Å². The van der Waals surface area contributed by atoms with Crippen molar-refractivity contribution in [3.8, 4) is 0 Å². The van der Waals surface area contributed by atoms with Gasteiger partial charge in [0.2, 0.25) is 11.9 Å². The molecule has 0 unspecified atom stereocenters. The first-order valence-electron chi connectivity index (χ1n) is 9.30. The Kier molecular flexibility index (Phi) is 6.17. The summed E-state index contributed by atoms with van der Waals surface area (Å²) in [6.07, 6.45) is 1.12. The molecule has 1 saturated heterocycles. The van der Waals surface area contributed by atoms with E-state index in [-0.39, 0.29) is 12.7 Å². The molecule has 2 atom stereocenters. The fourth-order valence-corrected chi connectivity index (χ4v) is 3.20. The van der Waals surface area contributed by atoms with E-state index in [0.29, 0.717) is 44.5 Å². The van der Waals surface area contributed by atoms with E-state index < -0.39 is 23.8 Å². The van der Waals surface area contributed by atoms with Gasteiger partial charge < -0.3 is 23.7 Å². The lowest BCUT2D eigenvalue weighted by Crippen LogP contribution is -2.58. The van der Waals surface area contributed by atoms with Crippen LogP contribution in [0.1, 0.15) is 25.6 Å². The average Bonchev–Trinajstić information content (AvgIpc) is 3.22. The van der Waals surface area contributed by atoms with Crippen molar-refractivity contribution in [3.05, 3.63) is 24.2 Å². The maximum absolute atomic E-state index is 12.7. The van der Waals surface area contributed by atoms with E-state index >= 15 is 0 Å². The Bertz CT molecular complexity index is 739. The minimum Gasteiger partial charge on any atom is -0.467 e. The molecule has 3 heterocycles. The Morgan fingerprint density at radius 3 is 2.54 bits per heavy atom. The number of ether oxygens (including phenoxy) is 2. The zero-order valence-electron chi connectivity index (χ0n) is 15.9. The van der Waals surface area contributed by atoms with Gasteiger partial charge in [0.05, 0.1) is 19.5 Å². The normalized spacial score (nSPS) is 22.4. The van der Waals surface area contributed by atoms with Gasteiger partial charge in [0.25, 0.3) is 0 Å². The number of nitrogens with one attached hydrogen (secondary N) is 1. The van der Waals surface area contributed by atoms with Crippen LogP contribution in [0.2, 0.25) is 0 Å². The van der Waals surface area contributed by atoms with Gasteiger partial charge >= 0.3 is 12.1 Å². The van der Waals surface area contributed by atoms with Crippen LogP contribution in [0.4, 0.5) is 4.79 Å². The van der Waals surface area contributed by atoms with Gasteiger partial charge in [-0.1, -0.05) is 0 Å². The predicted octanol–water partition coefficient (Wildman–Crippen LogP) is 0.760. The summed E-state index contributed by atoms with van der Waals surface area (Å²) in [5.74, 6) is -1.48. The Hall–Kier alpha value is -3.04. The van der Waals surface area contributed by atoms with Gasteiger partial charge in [0, 0.05) is 26.2 Å². The lowest BCUT2D eigenvalue weighted by Gasteiger charge is -2.38. The topological polar surface area (TPSA) is 114 Å². The number of hydrogen-bond donors (Lipinski definition) is 1. The minimum absolute atomic E-state index is 0.167. The van der Waals surface area contributed by atoms with Crippen molar-refractivity contribution in [1.29, 1.82) is 0 Å². The van der Waals surface area contributed by atoms with Gasteiger partial charge in [-0.3, -0.25) is 14.9 Å². The molecule has 0 aliphatic carbocycles. The average molecular weight is 392 g/mol. The molecular formula is C18H24N4O6. The van der Waals surface area contributed by atoms with E-state index in [4.69, 9.17) is 13.9 Å². The highest BCUT2D eigenvalue weighted by Gasteiger charge is 2.43. The number of piperazine rings is 1. The second kappa shape index (κ2) is 8.77. The zero-order chi connectivity index (χ0) is 20.1. The van der Waals surface area contributed by atoms with Gasteiger partial charge in [-0.05, 0) is 26.0 Å². The molecule has 2 aliphatic rings. The summed E-state index contributed by atoms with van der Waals surface area (Å²) in [6.45, 7) is 5.77. The van der Waals surface area contributed by atoms with Crippen molar-refractivity contribution in [3.63, 3.8) is 0 Å². The van der Waals surface area contributed by atoms with Crippen molar-refractivity contribution >= 4 is 23.9 Å². The summed E-state index contributed by atoms with van der Waals surface area (Å²) in [4.78, 5) is 44.9. The first-order valence-corrected chi connectivity index (χ1v) is 9.30. The Morgan fingerprint density at radius 1 is 1.21 bits per heavy atom.